The summed E-state index contributed by atoms with van der Waals surface area (Å²) in [5.74, 6) is -0.410. The number of ether oxygens (including phenoxy) is 1. The fourth-order valence-corrected chi connectivity index (χ4v) is 6.92. The Hall–Kier alpha value is -2.47. The summed E-state index contributed by atoms with van der Waals surface area (Å²) >= 11 is 7.05. The quantitative estimate of drug-likeness (QED) is 0.382. The normalized spacial score (nSPS) is 16.8. The van der Waals surface area contributed by atoms with Gasteiger partial charge in [-0.25, -0.2) is 8.42 Å². The summed E-state index contributed by atoms with van der Waals surface area (Å²) in [5, 5.41) is 0. The van der Waals surface area contributed by atoms with Gasteiger partial charge in [0.25, 0.3) is 10.0 Å². The SMILES string of the molecule is CN1CC[C@@H](Oc2cc(NS(=O)(=O)c3sc(Cl)cc3-c3ccc(N(C)C)cc3)ccc2C(F)(F)F)C1. The molecule has 36 heavy (non-hydrogen) atoms. The number of hydrogen-bond donors (Lipinski definition) is 1. The first kappa shape index (κ1) is 26.6. The van der Waals surface area contributed by atoms with Gasteiger partial charge >= 0.3 is 6.18 Å². The number of alkyl halides is 3. The highest BCUT2D eigenvalue weighted by Crippen LogP contribution is 2.41. The Morgan fingerprint density at radius 1 is 1.14 bits per heavy atom. The topological polar surface area (TPSA) is 61.9 Å². The minimum Gasteiger partial charge on any atom is -0.488 e. The number of likely N-dealkylation sites (tertiary alicyclic amines) is 1. The van der Waals surface area contributed by atoms with Crippen molar-refractivity contribution in [3.05, 3.63) is 58.4 Å². The molecule has 2 aromatic carbocycles. The molecule has 1 aromatic heterocycles. The van der Waals surface area contributed by atoms with Gasteiger partial charge in [-0.15, -0.1) is 11.3 Å². The molecule has 0 aliphatic carbocycles. The summed E-state index contributed by atoms with van der Waals surface area (Å²) in [6.45, 7) is 1.19. The molecule has 0 bridgehead atoms. The van der Waals surface area contributed by atoms with Crippen LogP contribution in [0.2, 0.25) is 4.34 Å². The lowest BCUT2D eigenvalue weighted by molar-refractivity contribution is -0.139. The second-order valence-electron chi connectivity index (χ2n) is 8.80. The van der Waals surface area contributed by atoms with Crippen LogP contribution >= 0.6 is 22.9 Å². The van der Waals surface area contributed by atoms with Gasteiger partial charge in [-0.05, 0) is 49.4 Å². The number of benzene rings is 2. The minimum absolute atomic E-state index is 0.0371. The van der Waals surface area contributed by atoms with Gasteiger partial charge < -0.3 is 14.5 Å². The lowest BCUT2D eigenvalue weighted by Gasteiger charge is -2.19. The first-order valence-electron chi connectivity index (χ1n) is 11.0. The molecule has 4 rings (SSSR count). The predicted octanol–water partition coefficient (Wildman–Crippen LogP) is 6.04. The van der Waals surface area contributed by atoms with E-state index >= 15 is 0 Å². The number of rotatable bonds is 7. The Morgan fingerprint density at radius 3 is 2.42 bits per heavy atom. The van der Waals surface area contributed by atoms with Gasteiger partial charge in [0.15, 0.2) is 0 Å². The summed E-state index contributed by atoms with van der Waals surface area (Å²) in [4.78, 5) is 3.87. The molecule has 1 atom stereocenters. The molecule has 0 spiro atoms. The molecule has 0 unspecified atom stereocenters. The van der Waals surface area contributed by atoms with Gasteiger partial charge in [0.2, 0.25) is 0 Å². The second-order valence-corrected chi connectivity index (χ2v) is 12.4. The van der Waals surface area contributed by atoms with Crippen LogP contribution < -0.4 is 14.4 Å². The van der Waals surface area contributed by atoms with Crippen molar-refractivity contribution >= 4 is 44.3 Å². The highest BCUT2D eigenvalue weighted by Gasteiger charge is 2.36. The molecule has 1 aliphatic rings. The summed E-state index contributed by atoms with van der Waals surface area (Å²) in [6.07, 6.45) is -4.49. The molecule has 12 heteroatoms. The fourth-order valence-electron chi connectivity index (χ4n) is 3.97. The standard InChI is InChI=1S/C24H25ClF3N3O3S2/c1-30(2)17-7-4-15(5-8-17)19-13-22(25)35-23(19)36(32,33)29-16-6-9-20(24(26,27)28)21(12-16)34-18-10-11-31(3)14-18/h4-9,12-13,18,29H,10-11,14H2,1-3H3/t18-/m1/s1. The van der Waals surface area contributed by atoms with Gasteiger partial charge in [0.1, 0.15) is 16.1 Å². The van der Waals surface area contributed by atoms with Crippen molar-refractivity contribution in [2.24, 2.45) is 0 Å². The Kier molecular flexibility index (Phi) is 7.47. The number of nitrogens with zero attached hydrogens (tertiary/aromatic N) is 2. The van der Waals surface area contributed by atoms with Crippen molar-refractivity contribution < 1.29 is 26.3 Å². The molecular weight excluding hydrogens is 535 g/mol. The monoisotopic (exact) mass is 559 g/mol. The van der Waals surface area contributed by atoms with E-state index in [4.69, 9.17) is 16.3 Å². The number of halogens is 4. The number of hydrogen-bond acceptors (Lipinski definition) is 6. The molecule has 6 nitrogen and oxygen atoms in total. The van der Waals surface area contributed by atoms with Crippen molar-refractivity contribution in [2.75, 3.05) is 43.9 Å². The molecule has 0 saturated carbocycles. The predicted molar refractivity (Wildman–Crippen MR) is 138 cm³/mol. The summed E-state index contributed by atoms with van der Waals surface area (Å²) in [5.41, 5.74) is 0.989. The van der Waals surface area contributed by atoms with E-state index in [0.717, 1.165) is 35.2 Å². The van der Waals surface area contributed by atoms with E-state index in [1.807, 2.05) is 43.1 Å². The zero-order valence-corrected chi connectivity index (χ0v) is 22.2. The van der Waals surface area contributed by atoms with Crippen molar-refractivity contribution in [1.29, 1.82) is 0 Å². The van der Waals surface area contributed by atoms with Crippen molar-refractivity contribution in [2.45, 2.75) is 22.9 Å². The summed E-state index contributed by atoms with van der Waals surface area (Å²) in [6, 6.07) is 11.8. The molecule has 0 radical (unpaired) electrons. The van der Waals surface area contributed by atoms with Crippen molar-refractivity contribution in [3.63, 3.8) is 0 Å². The van der Waals surface area contributed by atoms with Gasteiger partial charge in [0, 0.05) is 44.5 Å². The summed E-state index contributed by atoms with van der Waals surface area (Å²) < 4.78 is 75.8. The Bertz CT molecular complexity index is 1340. The van der Waals surface area contributed by atoms with Crippen LogP contribution in [-0.2, 0) is 16.2 Å². The highest BCUT2D eigenvalue weighted by atomic mass is 35.5. The van der Waals surface area contributed by atoms with Crippen LogP contribution in [-0.4, -0.2) is 53.7 Å². The minimum atomic E-state index is -4.65. The zero-order chi connectivity index (χ0) is 26.3. The van der Waals surface area contributed by atoms with Crippen molar-refractivity contribution in [1.82, 2.24) is 4.90 Å². The molecule has 2 heterocycles. The molecule has 1 N–H and O–H groups in total. The fraction of sp³-hybridized carbons (Fsp3) is 0.333. The smallest absolute Gasteiger partial charge is 0.419 e. The van der Waals surface area contributed by atoms with E-state index in [2.05, 4.69) is 4.72 Å². The van der Waals surface area contributed by atoms with E-state index < -0.39 is 33.6 Å². The maximum atomic E-state index is 13.6. The Balaban J connectivity index is 1.66. The molecule has 1 saturated heterocycles. The third kappa shape index (κ3) is 5.91. The Labute approximate surface area is 217 Å². The number of anilines is 2. The van der Waals surface area contributed by atoms with Crippen LogP contribution in [0.4, 0.5) is 24.5 Å². The van der Waals surface area contributed by atoms with Gasteiger partial charge in [0.05, 0.1) is 15.6 Å². The number of thiophene rings is 1. The van der Waals surface area contributed by atoms with Gasteiger partial charge in [-0.2, -0.15) is 13.2 Å². The molecule has 3 aromatic rings. The van der Waals surface area contributed by atoms with E-state index in [1.54, 1.807) is 18.2 Å². The molecule has 194 valence electrons. The second kappa shape index (κ2) is 10.1. The lowest BCUT2D eigenvalue weighted by atomic mass is 10.1. The third-order valence-corrected chi connectivity index (χ3v) is 8.97. The molecule has 1 fully saturated rings. The number of sulfonamides is 1. The van der Waals surface area contributed by atoms with E-state index in [9.17, 15) is 21.6 Å². The maximum absolute atomic E-state index is 13.6. The number of nitrogens with one attached hydrogen (secondary N) is 1. The highest BCUT2D eigenvalue weighted by molar-refractivity contribution is 7.94. The first-order chi connectivity index (χ1) is 16.8. The maximum Gasteiger partial charge on any atom is 0.419 e. The van der Waals surface area contributed by atoms with E-state index in [-0.39, 0.29) is 14.2 Å². The van der Waals surface area contributed by atoms with Gasteiger partial charge in [-0.1, -0.05) is 23.7 Å². The molecule has 1 aliphatic heterocycles. The van der Waals surface area contributed by atoms with Crippen LogP contribution in [0, 0.1) is 0 Å². The zero-order valence-electron chi connectivity index (χ0n) is 19.8. The largest absolute Gasteiger partial charge is 0.488 e. The summed E-state index contributed by atoms with van der Waals surface area (Å²) in [7, 11) is 1.47. The van der Waals surface area contributed by atoms with Gasteiger partial charge in [-0.3, -0.25) is 4.72 Å². The third-order valence-electron chi connectivity index (χ3n) is 5.79. The van der Waals surface area contributed by atoms with Crippen LogP contribution in [0.15, 0.2) is 52.7 Å². The van der Waals surface area contributed by atoms with Crippen LogP contribution in [0.5, 0.6) is 5.75 Å². The van der Waals surface area contributed by atoms with Crippen LogP contribution in [0.25, 0.3) is 11.1 Å². The molecule has 0 amide bonds. The van der Waals surface area contributed by atoms with Crippen LogP contribution in [0.1, 0.15) is 12.0 Å². The Morgan fingerprint density at radius 2 is 1.83 bits per heavy atom. The average Bonchev–Trinajstić information content (AvgIpc) is 3.38. The first-order valence-corrected chi connectivity index (χ1v) is 13.7. The lowest BCUT2D eigenvalue weighted by Crippen LogP contribution is -2.23. The van der Waals surface area contributed by atoms with Crippen molar-refractivity contribution in [3.8, 4) is 16.9 Å². The molecular formula is C24H25ClF3N3O3S2. The van der Waals surface area contributed by atoms with Crippen LogP contribution in [0.3, 0.4) is 0 Å². The number of likely N-dealkylation sites (N-methyl/N-ethyl adjacent to an activating group) is 1. The van der Waals surface area contributed by atoms with E-state index in [0.29, 0.717) is 30.6 Å². The van der Waals surface area contributed by atoms with E-state index in [1.165, 1.54) is 0 Å². The average molecular weight is 560 g/mol.